The molecule has 2 aliphatic rings. The van der Waals surface area contributed by atoms with Crippen molar-refractivity contribution in [2.75, 3.05) is 10.2 Å². The van der Waals surface area contributed by atoms with Crippen LogP contribution in [0.3, 0.4) is 0 Å². The van der Waals surface area contributed by atoms with Crippen LogP contribution in [0.15, 0.2) is 59.6 Å². The fraction of sp³-hybridized carbons (Fsp3) is 0.333. The zero-order chi connectivity index (χ0) is 19.8. The van der Waals surface area contributed by atoms with Gasteiger partial charge in [0, 0.05) is 11.4 Å². The second-order valence-electron chi connectivity index (χ2n) is 7.21. The number of thiocarbonyl (C=S) groups is 1. The van der Waals surface area contributed by atoms with Crippen molar-refractivity contribution < 1.29 is 13.2 Å². The van der Waals surface area contributed by atoms with E-state index in [0.29, 0.717) is 16.6 Å². The first kappa shape index (κ1) is 18.9. The molecule has 0 aromatic heterocycles. The third-order valence-corrected chi connectivity index (χ3v) is 5.69. The molecule has 7 heteroatoms. The van der Waals surface area contributed by atoms with Gasteiger partial charge in [0.25, 0.3) is 0 Å². The summed E-state index contributed by atoms with van der Waals surface area (Å²) in [6.07, 6.45) is 0.501. The molecule has 2 aromatic rings. The van der Waals surface area contributed by atoms with Crippen LogP contribution in [0.4, 0.5) is 24.5 Å². The Labute approximate surface area is 167 Å². The van der Waals surface area contributed by atoms with Crippen molar-refractivity contribution in [1.29, 1.82) is 0 Å². The Hall–Kier alpha value is -2.41. The van der Waals surface area contributed by atoms with Crippen LogP contribution in [-0.4, -0.2) is 16.5 Å². The highest BCUT2D eigenvalue weighted by atomic mass is 32.1. The maximum Gasteiger partial charge on any atom is 0.416 e. The maximum absolute atomic E-state index is 13.1. The molecule has 3 nitrogen and oxygen atoms in total. The van der Waals surface area contributed by atoms with Crippen LogP contribution in [-0.2, 0) is 6.18 Å². The number of anilines is 2. The van der Waals surface area contributed by atoms with Crippen LogP contribution < -0.4 is 10.2 Å². The summed E-state index contributed by atoms with van der Waals surface area (Å²) < 4.78 is 39.3. The van der Waals surface area contributed by atoms with Crippen LogP contribution >= 0.6 is 12.2 Å². The molecule has 4 rings (SSSR count). The molecule has 1 heterocycles. The molecule has 0 amide bonds. The van der Waals surface area contributed by atoms with Crippen molar-refractivity contribution in [3.05, 3.63) is 60.2 Å². The minimum absolute atomic E-state index is 0.372. The molecular weight excluding hydrogens is 383 g/mol. The molecule has 0 bridgehead atoms. The predicted molar refractivity (Wildman–Crippen MR) is 110 cm³/mol. The van der Waals surface area contributed by atoms with Gasteiger partial charge in [-0.15, -0.1) is 0 Å². The number of nitrogens with zero attached hydrogens (tertiary/aromatic N) is 2. The third-order valence-electron chi connectivity index (χ3n) is 5.42. The Balaban J connectivity index is 1.70. The van der Waals surface area contributed by atoms with E-state index < -0.39 is 17.3 Å². The highest BCUT2D eigenvalue weighted by Crippen LogP contribution is 2.42. The summed E-state index contributed by atoms with van der Waals surface area (Å²) in [7, 11) is 0. The number of amidine groups is 1. The van der Waals surface area contributed by atoms with E-state index >= 15 is 0 Å². The van der Waals surface area contributed by atoms with E-state index in [1.165, 1.54) is 6.07 Å². The number of aliphatic imine (C=N–C) groups is 1. The summed E-state index contributed by atoms with van der Waals surface area (Å²) in [5, 5.41) is 3.61. The molecular formula is C21H20F3N3S. The minimum Gasteiger partial charge on any atom is -0.342 e. The highest BCUT2D eigenvalue weighted by molar-refractivity contribution is 7.80. The summed E-state index contributed by atoms with van der Waals surface area (Å²) in [5.41, 5.74) is 0.205. The lowest BCUT2D eigenvalue weighted by atomic mass is 9.79. The lowest BCUT2D eigenvalue weighted by Crippen LogP contribution is -2.55. The number of benzene rings is 2. The first-order valence-electron chi connectivity index (χ1n) is 9.33. The van der Waals surface area contributed by atoms with Gasteiger partial charge in [-0.05, 0) is 55.4 Å². The van der Waals surface area contributed by atoms with E-state index in [4.69, 9.17) is 12.2 Å². The standard InChI is InChI=1S/C21H20F3N3S/c22-21(23,24)15-8-7-9-16(14-15)25-18-20(12-5-2-6-13-20)27(19(28)26-18)17-10-3-1-4-11-17/h1,3-4,7-11,14H,2,5-6,12-13H2,(H,25,26,28). The van der Waals surface area contributed by atoms with E-state index in [1.807, 2.05) is 30.3 Å². The third kappa shape index (κ3) is 3.39. The molecule has 2 aromatic carbocycles. The monoisotopic (exact) mass is 403 g/mol. The second-order valence-corrected chi connectivity index (χ2v) is 7.57. The SMILES string of the molecule is FC(F)(F)c1cccc(NC2=NC(=S)N(c3ccccc3)C23CCCCC3)c1. The van der Waals surface area contributed by atoms with E-state index in [-0.39, 0.29) is 0 Å². The molecule has 1 spiro atoms. The zero-order valence-corrected chi connectivity index (χ0v) is 16.0. The van der Waals surface area contributed by atoms with Crippen molar-refractivity contribution in [3.63, 3.8) is 0 Å². The van der Waals surface area contributed by atoms with E-state index in [0.717, 1.165) is 49.9 Å². The van der Waals surface area contributed by atoms with Crippen molar-refractivity contribution in [1.82, 2.24) is 0 Å². The smallest absolute Gasteiger partial charge is 0.342 e. The number of nitrogens with one attached hydrogen (secondary N) is 1. The summed E-state index contributed by atoms with van der Waals surface area (Å²) in [6, 6.07) is 15.0. The molecule has 1 saturated carbocycles. The van der Waals surface area contributed by atoms with Crippen molar-refractivity contribution in [3.8, 4) is 0 Å². The average molecular weight is 403 g/mol. The lowest BCUT2D eigenvalue weighted by Gasteiger charge is -2.42. The molecule has 28 heavy (non-hydrogen) atoms. The largest absolute Gasteiger partial charge is 0.416 e. The van der Waals surface area contributed by atoms with Gasteiger partial charge in [0.1, 0.15) is 11.4 Å². The number of para-hydroxylation sites is 1. The van der Waals surface area contributed by atoms with Crippen molar-refractivity contribution in [2.45, 2.75) is 43.8 Å². The van der Waals surface area contributed by atoms with Gasteiger partial charge in [0.2, 0.25) is 5.11 Å². The Kier molecular flexibility index (Phi) is 4.87. The van der Waals surface area contributed by atoms with Gasteiger partial charge >= 0.3 is 6.18 Å². The van der Waals surface area contributed by atoms with Crippen LogP contribution in [0.5, 0.6) is 0 Å². The first-order valence-corrected chi connectivity index (χ1v) is 9.74. The normalized spacial score (nSPS) is 19.0. The fourth-order valence-electron chi connectivity index (χ4n) is 4.12. The van der Waals surface area contributed by atoms with E-state index in [9.17, 15) is 13.2 Å². The molecule has 1 fully saturated rings. The van der Waals surface area contributed by atoms with E-state index in [2.05, 4.69) is 15.2 Å². The van der Waals surface area contributed by atoms with Gasteiger partial charge in [0.15, 0.2) is 0 Å². The van der Waals surface area contributed by atoms with Crippen molar-refractivity contribution in [2.24, 2.45) is 4.99 Å². The molecule has 0 atom stereocenters. The van der Waals surface area contributed by atoms with Gasteiger partial charge in [-0.2, -0.15) is 13.2 Å². The van der Waals surface area contributed by atoms with Gasteiger partial charge in [-0.25, -0.2) is 4.99 Å². The molecule has 1 aliphatic carbocycles. The first-order chi connectivity index (χ1) is 13.4. The van der Waals surface area contributed by atoms with Gasteiger partial charge in [-0.1, -0.05) is 43.5 Å². The van der Waals surface area contributed by atoms with E-state index in [1.54, 1.807) is 6.07 Å². The molecule has 1 N–H and O–H groups in total. The number of hydrogen-bond donors (Lipinski definition) is 1. The Morgan fingerprint density at radius 2 is 1.68 bits per heavy atom. The Morgan fingerprint density at radius 1 is 0.964 bits per heavy atom. The van der Waals surface area contributed by atoms with Gasteiger partial charge < -0.3 is 10.2 Å². The van der Waals surface area contributed by atoms with Gasteiger partial charge in [-0.3, -0.25) is 0 Å². The average Bonchev–Trinajstić information content (AvgIpc) is 2.93. The molecule has 0 radical (unpaired) electrons. The minimum atomic E-state index is -4.39. The Morgan fingerprint density at radius 3 is 2.36 bits per heavy atom. The van der Waals surface area contributed by atoms with Crippen LogP contribution in [0.1, 0.15) is 37.7 Å². The fourth-order valence-corrected chi connectivity index (χ4v) is 4.50. The summed E-state index contributed by atoms with van der Waals surface area (Å²) in [6.45, 7) is 0. The van der Waals surface area contributed by atoms with Crippen LogP contribution in [0.25, 0.3) is 0 Å². The van der Waals surface area contributed by atoms with Crippen LogP contribution in [0.2, 0.25) is 0 Å². The van der Waals surface area contributed by atoms with Crippen LogP contribution in [0, 0.1) is 0 Å². The highest BCUT2D eigenvalue weighted by Gasteiger charge is 2.49. The number of halogens is 3. The predicted octanol–water partition coefficient (Wildman–Crippen LogP) is 6.02. The topological polar surface area (TPSA) is 27.6 Å². The molecule has 0 unspecified atom stereocenters. The quantitative estimate of drug-likeness (QED) is 0.621. The number of alkyl halides is 3. The number of rotatable bonds is 2. The summed E-state index contributed by atoms with van der Waals surface area (Å²) in [4.78, 5) is 6.66. The maximum atomic E-state index is 13.1. The summed E-state index contributed by atoms with van der Waals surface area (Å²) >= 11 is 5.57. The number of hydrogen-bond acceptors (Lipinski definition) is 2. The molecule has 0 saturated heterocycles. The molecule has 146 valence electrons. The second kappa shape index (κ2) is 7.20. The summed E-state index contributed by atoms with van der Waals surface area (Å²) in [5.74, 6) is 0.639. The Bertz CT molecular complexity index is 903. The lowest BCUT2D eigenvalue weighted by molar-refractivity contribution is -0.137. The molecule has 1 aliphatic heterocycles. The van der Waals surface area contributed by atoms with Gasteiger partial charge in [0.05, 0.1) is 5.56 Å². The van der Waals surface area contributed by atoms with Crippen molar-refractivity contribution >= 4 is 34.5 Å². The zero-order valence-electron chi connectivity index (χ0n) is 15.2.